The highest BCUT2D eigenvalue weighted by atomic mass is 32.1. The summed E-state index contributed by atoms with van der Waals surface area (Å²) in [7, 11) is 1.26. The van der Waals surface area contributed by atoms with Gasteiger partial charge in [0.1, 0.15) is 28.6 Å². The minimum Gasteiger partial charge on any atom is -0.465 e. The highest BCUT2D eigenvalue weighted by molar-refractivity contribution is 7.22. The molecule has 0 N–H and O–H groups in total. The Labute approximate surface area is 239 Å². The molecule has 2 fully saturated rings. The largest absolute Gasteiger partial charge is 0.465 e. The molecule has 2 aromatic heterocycles. The van der Waals surface area contributed by atoms with Gasteiger partial charge < -0.3 is 18.9 Å². The number of anilines is 1. The molecule has 0 bridgehead atoms. The molecular weight excluding hydrogens is 555 g/mol. The number of halogens is 3. The first-order valence-electron chi connectivity index (χ1n) is 13.9. The molecular formula is C30H30F3N3O4S. The van der Waals surface area contributed by atoms with E-state index in [1.54, 1.807) is 6.07 Å². The Kier molecular flexibility index (Phi) is 7.74. The van der Waals surface area contributed by atoms with E-state index in [1.807, 2.05) is 0 Å². The van der Waals surface area contributed by atoms with E-state index in [-0.39, 0.29) is 46.9 Å². The molecule has 41 heavy (non-hydrogen) atoms. The predicted molar refractivity (Wildman–Crippen MR) is 149 cm³/mol. The number of hydrogen-bond acceptors (Lipinski definition) is 8. The highest BCUT2D eigenvalue weighted by Gasteiger charge is 2.36. The average Bonchev–Trinajstić information content (AvgIpc) is 3.38. The minimum atomic E-state index is -0.694. The number of nitrogens with zero attached hydrogens (tertiary/aromatic N) is 3. The van der Waals surface area contributed by atoms with E-state index in [0.717, 1.165) is 38.2 Å². The van der Waals surface area contributed by atoms with Crippen LogP contribution in [0.3, 0.4) is 0 Å². The van der Waals surface area contributed by atoms with Crippen molar-refractivity contribution < 1.29 is 32.0 Å². The van der Waals surface area contributed by atoms with Gasteiger partial charge in [-0.2, -0.15) is 0 Å². The maximum absolute atomic E-state index is 14.8. The molecule has 2 atom stereocenters. The number of aromatic nitrogens is 2. The van der Waals surface area contributed by atoms with Gasteiger partial charge in [0.2, 0.25) is 0 Å². The molecule has 1 aliphatic carbocycles. The van der Waals surface area contributed by atoms with Crippen molar-refractivity contribution in [2.75, 3.05) is 18.6 Å². The summed E-state index contributed by atoms with van der Waals surface area (Å²) in [4.78, 5) is 18.8. The molecule has 0 radical (unpaired) electrons. The third kappa shape index (κ3) is 5.32. The number of rotatable bonds is 10. The number of benzene rings is 2. The first-order chi connectivity index (χ1) is 19.9. The monoisotopic (exact) mass is 585 g/mol. The van der Waals surface area contributed by atoms with Crippen molar-refractivity contribution in [2.45, 2.75) is 70.1 Å². The summed E-state index contributed by atoms with van der Waals surface area (Å²) in [5, 5.41) is 4.75. The molecule has 4 aromatic rings. The molecule has 1 unspecified atom stereocenters. The zero-order valence-electron chi connectivity index (χ0n) is 22.8. The summed E-state index contributed by atoms with van der Waals surface area (Å²) < 4.78 is 61.0. The third-order valence-corrected chi connectivity index (χ3v) is 8.99. The molecule has 1 saturated heterocycles. The predicted octanol–water partition coefficient (Wildman–Crippen LogP) is 7.39. The molecule has 2 aromatic carbocycles. The van der Waals surface area contributed by atoms with Crippen LogP contribution in [0.5, 0.6) is 0 Å². The Morgan fingerprint density at radius 1 is 1.10 bits per heavy atom. The zero-order chi connectivity index (χ0) is 28.7. The summed E-state index contributed by atoms with van der Waals surface area (Å²) in [5.74, 6) is -1.71. The number of carbonyl (C=O) groups is 1. The number of hydrogen-bond donors (Lipinski definition) is 0. The van der Waals surface area contributed by atoms with Crippen molar-refractivity contribution in [3.63, 3.8) is 0 Å². The van der Waals surface area contributed by atoms with Gasteiger partial charge in [-0.3, -0.25) is 0 Å². The van der Waals surface area contributed by atoms with E-state index in [0.29, 0.717) is 34.2 Å². The molecule has 1 saturated carbocycles. The van der Waals surface area contributed by atoms with E-state index < -0.39 is 23.4 Å². The topological polar surface area (TPSA) is 77.7 Å². The Morgan fingerprint density at radius 2 is 1.85 bits per heavy atom. The summed E-state index contributed by atoms with van der Waals surface area (Å²) in [6, 6.07) is 6.88. The second kappa shape index (κ2) is 11.4. The van der Waals surface area contributed by atoms with E-state index >= 15 is 0 Å². The molecule has 0 spiro atoms. The van der Waals surface area contributed by atoms with E-state index in [9.17, 15) is 18.0 Å². The molecule has 7 nitrogen and oxygen atoms in total. The molecule has 1 aliphatic heterocycles. The van der Waals surface area contributed by atoms with Crippen LogP contribution in [0.15, 0.2) is 34.9 Å². The normalized spacial score (nSPS) is 18.9. The van der Waals surface area contributed by atoms with Gasteiger partial charge in [-0.15, -0.1) is 0 Å². The van der Waals surface area contributed by atoms with E-state index in [1.165, 1.54) is 36.6 Å². The van der Waals surface area contributed by atoms with Crippen LogP contribution in [0.25, 0.3) is 21.5 Å². The first-order valence-corrected chi connectivity index (χ1v) is 14.7. The summed E-state index contributed by atoms with van der Waals surface area (Å²) >= 11 is 1.36. The van der Waals surface area contributed by atoms with Crippen LogP contribution in [-0.4, -0.2) is 41.9 Å². The van der Waals surface area contributed by atoms with Crippen molar-refractivity contribution in [3.05, 3.63) is 64.7 Å². The van der Waals surface area contributed by atoms with Gasteiger partial charge in [-0.1, -0.05) is 29.5 Å². The first kappa shape index (κ1) is 27.7. The summed E-state index contributed by atoms with van der Waals surface area (Å²) in [6.07, 6.45) is 5.39. The van der Waals surface area contributed by atoms with Crippen LogP contribution < -0.4 is 4.90 Å². The quantitative estimate of drug-likeness (QED) is 0.142. The van der Waals surface area contributed by atoms with E-state index in [2.05, 4.69) is 22.0 Å². The lowest BCUT2D eigenvalue weighted by molar-refractivity contribution is 0.0600. The molecule has 6 rings (SSSR count). The van der Waals surface area contributed by atoms with Gasteiger partial charge in [0, 0.05) is 30.2 Å². The fourth-order valence-electron chi connectivity index (χ4n) is 5.72. The Morgan fingerprint density at radius 3 is 2.56 bits per heavy atom. The molecule has 3 heterocycles. The average molecular weight is 586 g/mol. The number of methoxy groups -OCH3 is 1. The maximum atomic E-state index is 14.8. The maximum Gasteiger partial charge on any atom is 0.338 e. The Balaban J connectivity index is 1.18. The smallest absolute Gasteiger partial charge is 0.338 e. The van der Waals surface area contributed by atoms with Crippen LogP contribution in [0, 0.1) is 17.5 Å². The van der Waals surface area contributed by atoms with Gasteiger partial charge >= 0.3 is 5.97 Å². The van der Waals surface area contributed by atoms with Crippen LogP contribution in [0.2, 0.25) is 0 Å². The van der Waals surface area contributed by atoms with Gasteiger partial charge in [0.05, 0.1) is 29.5 Å². The Hall–Kier alpha value is -3.44. The fourth-order valence-corrected chi connectivity index (χ4v) is 6.89. The number of ether oxygens (including phenoxy) is 2. The van der Waals surface area contributed by atoms with Gasteiger partial charge in [0.25, 0.3) is 0 Å². The van der Waals surface area contributed by atoms with Crippen LogP contribution in [0.1, 0.15) is 73.0 Å². The van der Waals surface area contributed by atoms with Crippen molar-refractivity contribution in [1.82, 2.24) is 10.1 Å². The van der Waals surface area contributed by atoms with Crippen molar-refractivity contribution >= 4 is 32.7 Å². The van der Waals surface area contributed by atoms with Crippen molar-refractivity contribution in [2.24, 2.45) is 0 Å². The van der Waals surface area contributed by atoms with Gasteiger partial charge in [-0.05, 0) is 62.8 Å². The Bertz CT molecular complexity index is 1560. The number of thiazole rings is 1. The summed E-state index contributed by atoms with van der Waals surface area (Å²) in [6.45, 7) is 2.65. The molecule has 0 amide bonds. The lowest BCUT2D eigenvalue weighted by Gasteiger charge is -2.29. The highest BCUT2D eigenvalue weighted by Crippen LogP contribution is 2.45. The van der Waals surface area contributed by atoms with Gasteiger partial charge in [-0.25, -0.2) is 22.9 Å². The molecule has 2 aliphatic rings. The van der Waals surface area contributed by atoms with Crippen molar-refractivity contribution in [1.29, 1.82) is 0 Å². The second-order valence-electron chi connectivity index (χ2n) is 10.6. The molecule has 11 heteroatoms. The van der Waals surface area contributed by atoms with Gasteiger partial charge in [0.15, 0.2) is 10.9 Å². The summed E-state index contributed by atoms with van der Waals surface area (Å²) in [5.41, 5.74) is 0.934. The van der Waals surface area contributed by atoms with Crippen molar-refractivity contribution in [3.8, 4) is 11.3 Å². The van der Waals surface area contributed by atoms with Crippen LogP contribution in [-0.2, 0) is 16.1 Å². The number of fused-ring (bicyclic) bond motifs is 1. The second-order valence-corrected chi connectivity index (χ2v) is 11.6. The number of esters is 1. The van der Waals surface area contributed by atoms with Crippen LogP contribution >= 0.6 is 11.3 Å². The standard InChI is InChI=1S/C30H30F3N3O4S/c1-3-18-9-10-19(36(18)30-34-27-23(33)13-17(29(37)38-2)14-24(27)41-30)11-12-39-15-20-26(35-40-28(20)16-7-8-16)25-21(31)5-4-6-22(25)32/h4-6,13-14,16,18-19H,3,7-12,15H2,1-2H3/t18?,19-/m0/s1. The van der Waals surface area contributed by atoms with E-state index in [4.69, 9.17) is 14.0 Å². The SMILES string of the molecule is CCC1CC[C@@H](CCOCc2c(-c3c(F)cccc3F)noc2C2CC2)N1c1nc2c(F)cc(C(=O)OC)cc2s1. The fraction of sp³-hybridized carbons (Fsp3) is 0.433. The molecule has 216 valence electrons. The van der Waals surface area contributed by atoms with Crippen LogP contribution in [0.4, 0.5) is 18.3 Å². The zero-order valence-corrected chi connectivity index (χ0v) is 23.6. The lowest BCUT2D eigenvalue weighted by atomic mass is 10.0. The third-order valence-electron chi connectivity index (χ3n) is 7.98. The lowest BCUT2D eigenvalue weighted by Crippen LogP contribution is -2.36. The number of carbonyl (C=O) groups excluding carboxylic acids is 1. The minimum absolute atomic E-state index is 0.123.